The molecule has 1 aromatic carbocycles. The van der Waals surface area contributed by atoms with Crippen LogP contribution in [-0.4, -0.2) is 19.6 Å². The molecule has 1 N–H and O–H groups in total. The maximum atomic E-state index is 5.88. The lowest BCUT2D eigenvalue weighted by Gasteiger charge is -2.29. The van der Waals surface area contributed by atoms with Gasteiger partial charge in [0.05, 0.1) is 24.0 Å². The summed E-state index contributed by atoms with van der Waals surface area (Å²) in [6.45, 7) is 4.94. The first kappa shape index (κ1) is 20.4. The van der Waals surface area contributed by atoms with E-state index in [0.717, 1.165) is 22.8 Å². The summed E-state index contributed by atoms with van der Waals surface area (Å²) in [4.78, 5) is 11.4. The molecule has 1 saturated heterocycles. The SMILES string of the molecule is Cc1cc(C)cc(N2C(=S)N[C@@H](c3ccccn3)[C@H]2c2cccn2Cc2ccccn2)c1. The number of hydrogen-bond donors (Lipinski definition) is 1. The summed E-state index contributed by atoms with van der Waals surface area (Å²) in [6.07, 6.45) is 5.79. The van der Waals surface area contributed by atoms with Crippen LogP contribution in [0.1, 0.15) is 40.3 Å². The molecule has 0 radical (unpaired) electrons. The molecule has 4 aromatic rings. The minimum atomic E-state index is -0.0677. The van der Waals surface area contributed by atoms with E-state index in [1.165, 1.54) is 11.1 Å². The van der Waals surface area contributed by atoms with E-state index in [-0.39, 0.29) is 12.1 Å². The number of rotatable bonds is 5. The average Bonchev–Trinajstić information content (AvgIpc) is 3.38. The van der Waals surface area contributed by atoms with Crippen LogP contribution in [-0.2, 0) is 6.54 Å². The van der Waals surface area contributed by atoms with Gasteiger partial charge in [-0.05, 0) is 85.7 Å². The molecule has 32 heavy (non-hydrogen) atoms. The van der Waals surface area contributed by atoms with E-state index in [2.05, 4.69) is 87.3 Å². The van der Waals surface area contributed by atoms with Crippen LogP contribution in [0.5, 0.6) is 0 Å². The predicted octanol–water partition coefficient (Wildman–Crippen LogP) is 5.12. The van der Waals surface area contributed by atoms with Crippen molar-refractivity contribution in [1.82, 2.24) is 19.9 Å². The maximum Gasteiger partial charge on any atom is 0.174 e. The molecule has 1 aliphatic heterocycles. The van der Waals surface area contributed by atoms with E-state index in [1.54, 1.807) is 0 Å². The van der Waals surface area contributed by atoms with E-state index in [9.17, 15) is 0 Å². The predicted molar refractivity (Wildman–Crippen MR) is 132 cm³/mol. The van der Waals surface area contributed by atoms with Crippen LogP contribution in [0.15, 0.2) is 85.3 Å². The first-order chi connectivity index (χ1) is 15.6. The Morgan fingerprint density at radius 1 is 0.906 bits per heavy atom. The molecule has 5 nitrogen and oxygen atoms in total. The Kier molecular flexibility index (Phi) is 5.45. The minimum Gasteiger partial charge on any atom is -0.351 e. The van der Waals surface area contributed by atoms with E-state index < -0.39 is 0 Å². The minimum absolute atomic E-state index is 0.0442. The molecule has 160 valence electrons. The molecular weight excluding hydrogens is 414 g/mol. The molecule has 6 heteroatoms. The van der Waals surface area contributed by atoms with E-state index in [0.29, 0.717) is 11.7 Å². The van der Waals surface area contributed by atoms with Gasteiger partial charge in [-0.15, -0.1) is 0 Å². The highest BCUT2D eigenvalue weighted by Gasteiger charge is 2.42. The summed E-state index contributed by atoms with van der Waals surface area (Å²) < 4.78 is 2.26. The van der Waals surface area contributed by atoms with Crippen LogP contribution in [0.3, 0.4) is 0 Å². The molecule has 5 rings (SSSR count). The zero-order valence-electron chi connectivity index (χ0n) is 18.1. The molecule has 0 amide bonds. The van der Waals surface area contributed by atoms with Crippen molar-refractivity contribution in [2.24, 2.45) is 0 Å². The lowest BCUT2D eigenvalue weighted by Crippen LogP contribution is -2.30. The summed E-state index contributed by atoms with van der Waals surface area (Å²) in [6, 6.07) is 22.8. The van der Waals surface area contributed by atoms with Crippen molar-refractivity contribution < 1.29 is 0 Å². The van der Waals surface area contributed by atoms with Crippen molar-refractivity contribution >= 4 is 23.0 Å². The Bertz CT molecular complexity index is 1220. The van der Waals surface area contributed by atoms with Gasteiger partial charge < -0.3 is 14.8 Å². The molecule has 0 unspecified atom stereocenters. The third kappa shape index (κ3) is 3.89. The number of pyridine rings is 2. The highest BCUT2D eigenvalue weighted by molar-refractivity contribution is 7.80. The van der Waals surface area contributed by atoms with Crippen LogP contribution >= 0.6 is 12.2 Å². The van der Waals surface area contributed by atoms with Crippen molar-refractivity contribution in [3.63, 3.8) is 0 Å². The standard InChI is InChI=1S/C26H25N5S/c1-18-14-19(2)16-21(15-18)31-25(24(29-26(31)32)22-9-4-6-12-28-22)23-10-7-13-30(23)17-20-8-3-5-11-27-20/h3-16,24-25H,17H2,1-2H3,(H,29,32)/t24-,25+/m0/s1. The lowest BCUT2D eigenvalue weighted by atomic mass is 10.00. The topological polar surface area (TPSA) is 46.0 Å². The van der Waals surface area contributed by atoms with Crippen molar-refractivity contribution in [3.05, 3.63) is 114 Å². The smallest absolute Gasteiger partial charge is 0.174 e. The zero-order valence-corrected chi connectivity index (χ0v) is 19.0. The highest BCUT2D eigenvalue weighted by Crippen LogP contribution is 2.42. The van der Waals surface area contributed by atoms with E-state index in [1.807, 2.05) is 36.7 Å². The second-order valence-electron chi connectivity index (χ2n) is 8.22. The molecule has 2 atom stereocenters. The maximum absolute atomic E-state index is 5.88. The number of aromatic nitrogens is 3. The molecule has 1 aliphatic rings. The molecule has 0 bridgehead atoms. The van der Waals surface area contributed by atoms with Gasteiger partial charge in [0.25, 0.3) is 0 Å². The Hall–Kier alpha value is -3.51. The van der Waals surface area contributed by atoms with Crippen molar-refractivity contribution in [1.29, 1.82) is 0 Å². The Labute approximate surface area is 193 Å². The van der Waals surface area contributed by atoms with Gasteiger partial charge in [0.2, 0.25) is 0 Å². The number of benzene rings is 1. The molecule has 3 aromatic heterocycles. The van der Waals surface area contributed by atoms with E-state index in [4.69, 9.17) is 12.2 Å². The summed E-state index contributed by atoms with van der Waals surface area (Å²) in [5.41, 5.74) is 6.67. The summed E-state index contributed by atoms with van der Waals surface area (Å²) in [5, 5.41) is 4.26. The Morgan fingerprint density at radius 2 is 1.66 bits per heavy atom. The molecule has 0 aliphatic carbocycles. The number of thiocarbonyl (C=S) groups is 1. The zero-order chi connectivity index (χ0) is 22.1. The number of nitrogens with zero attached hydrogens (tertiary/aromatic N) is 4. The average molecular weight is 440 g/mol. The van der Waals surface area contributed by atoms with Crippen LogP contribution < -0.4 is 10.2 Å². The van der Waals surface area contributed by atoms with Gasteiger partial charge in [-0.1, -0.05) is 18.2 Å². The molecular formula is C26H25N5S. The van der Waals surface area contributed by atoms with Gasteiger partial charge in [0.1, 0.15) is 6.04 Å². The molecule has 1 fully saturated rings. The van der Waals surface area contributed by atoms with Gasteiger partial charge in [0.15, 0.2) is 5.11 Å². The Morgan fingerprint density at radius 3 is 2.34 bits per heavy atom. The number of aryl methyl sites for hydroxylation is 2. The van der Waals surface area contributed by atoms with Crippen molar-refractivity contribution in [2.75, 3.05) is 4.90 Å². The molecule has 0 spiro atoms. The summed E-state index contributed by atoms with van der Waals surface area (Å²) >= 11 is 5.88. The largest absolute Gasteiger partial charge is 0.351 e. The van der Waals surface area contributed by atoms with Crippen molar-refractivity contribution in [3.8, 4) is 0 Å². The van der Waals surface area contributed by atoms with Crippen LogP contribution in [0.4, 0.5) is 5.69 Å². The molecule has 0 saturated carbocycles. The first-order valence-corrected chi connectivity index (χ1v) is 11.1. The highest BCUT2D eigenvalue weighted by atomic mass is 32.1. The van der Waals surface area contributed by atoms with Crippen LogP contribution in [0.2, 0.25) is 0 Å². The third-order valence-electron chi connectivity index (χ3n) is 5.81. The van der Waals surface area contributed by atoms with Gasteiger partial charge in [-0.25, -0.2) is 0 Å². The first-order valence-electron chi connectivity index (χ1n) is 10.7. The Balaban J connectivity index is 1.62. The second-order valence-corrected chi connectivity index (χ2v) is 8.61. The van der Waals surface area contributed by atoms with Gasteiger partial charge in [-0.3, -0.25) is 9.97 Å². The lowest BCUT2D eigenvalue weighted by molar-refractivity contribution is 0.532. The monoisotopic (exact) mass is 439 g/mol. The van der Waals surface area contributed by atoms with Crippen LogP contribution in [0, 0.1) is 13.8 Å². The van der Waals surface area contributed by atoms with Crippen LogP contribution in [0.25, 0.3) is 0 Å². The summed E-state index contributed by atoms with van der Waals surface area (Å²) in [5.74, 6) is 0. The normalized spacial score (nSPS) is 18.1. The number of hydrogen-bond acceptors (Lipinski definition) is 3. The van der Waals surface area contributed by atoms with Crippen molar-refractivity contribution in [2.45, 2.75) is 32.5 Å². The number of nitrogens with one attached hydrogen (secondary N) is 1. The fourth-order valence-corrected chi connectivity index (χ4v) is 4.88. The summed E-state index contributed by atoms with van der Waals surface area (Å²) in [7, 11) is 0. The molecule has 4 heterocycles. The van der Waals surface area contributed by atoms with Gasteiger partial charge >= 0.3 is 0 Å². The fraction of sp³-hybridized carbons (Fsp3) is 0.192. The van der Waals surface area contributed by atoms with Gasteiger partial charge in [0, 0.05) is 30.0 Å². The second kappa shape index (κ2) is 8.55. The number of anilines is 1. The van der Waals surface area contributed by atoms with E-state index >= 15 is 0 Å². The van der Waals surface area contributed by atoms with Gasteiger partial charge in [-0.2, -0.15) is 0 Å². The fourth-order valence-electron chi connectivity index (χ4n) is 4.53. The third-order valence-corrected chi connectivity index (χ3v) is 6.12. The quantitative estimate of drug-likeness (QED) is 0.437.